The molecule has 30 heavy (non-hydrogen) atoms. The molecule has 0 amide bonds. The molecule has 0 aliphatic rings. The minimum Gasteiger partial charge on any atom is -0.690 e. The molecule has 0 aliphatic heterocycles. The molecule has 150 valence electrons. The Hall–Kier alpha value is -2.18. The van der Waals surface area contributed by atoms with Crippen LogP contribution >= 0.6 is 0 Å². The summed E-state index contributed by atoms with van der Waals surface area (Å²) in [6.07, 6.45) is -1.99. The van der Waals surface area contributed by atoms with Gasteiger partial charge in [0, 0.05) is 11.3 Å². The van der Waals surface area contributed by atoms with Crippen LogP contribution in [0, 0.1) is 5.41 Å². The van der Waals surface area contributed by atoms with Crippen molar-refractivity contribution in [3.05, 3.63) is 71.4 Å². The van der Waals surface area contributed by atoms with Gasteiger partial charge in [-0.05, 0) is 30.3 Å². The number of hydrogen-bond donors (Lipinski definition) is 3. The monoisotopic (exact) mass is 440 g/mol. The fourth-order valence-corrected chi connectivity index (χ4v) is 2.41. The number of anilines is 2. The number of H-pyrrole nitrogens is 1. The molecule has 3 rings (SSSR count). The van der Waals surface area contributed by atoms with Crippen LogP contribution in [0.4, 0.5) is 24.8 Å². The Morgan fingerprint density at radius 1 is 1.20 bits per heavy atom. The van der Waals surface area contributed by atoms with Crippen molar-refractivity contribution in [1.29, 1.82) is 5.41 Å². The Labute approximate surface area is 213 Å². The van der Waals surface area contributed by atoms with Crippen LogP contribution in [0.15, 0.2) is 60.5 Å². The fourth-order valence-electron chi connectivity index (χ4n) is 2.41. The van der Waals surface area contributed by atoms with E-state index in [1.807, 2.05) is 0 Å². The van der Waals surface area contributed by atoms with E-state index in [1.54, 1.807) is 31.3 Å². The maximum Gasteiger partial charge on any atom is 1.00 e. The summed E-state index contributed by atoms with van der Waals surface area (Å²) in [4.78, 5) is 4.25. The summed E-state index contributed by atoms with van der Waals surface area (Å²) in [6.45, 7) is 0. The molecule has 2 aromatic carbocycles. The Balaban J connectivity index is 0.00000320. The first kappa shape index (κ1) is 24.1. The standard InChI is InChI=1S/C19H16F3N6O.K/c1-24-11-16(10-23)29-15-7-2-4-12(8-15)17-26-18(28-27-17)25-14-6-3-5-13(9-14)19(20,21)22;/h2-11,23H,1H3,(H2,25,26,27,28);/q-1;+1/b16-11+,23-10?;. The molecule has 0 aliphatic carbocycles. The third-order valence-electron chi connectivity index (χ3n) is 3.67. The predicted molar refractivity (Wildman–Crippen MR) is 103 cm³/mol. The van der Waals surface area contributed by atoms with Gasteiger partial charge in [0.05, 0.1) is 11.8 Å². The first-order valence-corrected chi connectivity index (χ1v) is 8.33. The predicted octanol–water partition coefficient (Wildman–Crippen LogP) is 2.11. The summed E-state index contributed by atoms with van der Waals surface area (Å²) < 4.78 is 44.1. The van der Waals surface area contributed by atoms with Gasteiger partial charge in [-0.25, -0.2) is 0 Å². The number of hydrogen-bond acceptors (Lipinski definition) is 5. The maximum atomic E-state index is 12.8. The van der Waals surface area contributed by atoms with Gasteiger partial charge in [-0.15, -0.1) is 18.3 Å². The number of ether oxygens (including phenoxy) is 1. The van der Waals surface area contributed by atoms with Gasteiger partial charge in [-0.2, -0.15) is 18.2 Å². The number of benzene rings is 2. The van der Waals surface area contributed by atoms with Crippen molar-refractivity contribution in [2.75, 3.05) is 12.4 Å². The second-order valence-electron chi connectivity index (χ2n) is 5.78. The van der Waals surface area contributed by atoms with E-state index in [9.17, 15) is 13.2 Å². The zero-order chi connectivity index (χ0) is 20.9. The SMILES string of the molecule is C[N-]/C=C(\C=N)Oc1cccc(-c2nc(Nc3cccc(C(F)(F)F)c3)n[nH]2)c1.[K+]. The van der Waals surface area contributed by atoms with Gasteiger partial charge in [0.25, 0.3) is 0 Å². The van der Waals surface area contributed by atoms with Crippen LogP contribution in [0.5, 0.6) is 5.75 Å². The second kappa shape index (κ2) is 10.7. The first-order valence-electron chi connectivity index (χ1n) is 8.33. The largest absolute Gasteiger partial charge is 1.00 e. The molecule has 0 radical (unpaired) electrons. The van der Waals surface area contributed by atoms with Crippen LogP contribution in [-0.2, 0) is 6.18 Å². The average Bonchev–Trinajstić information content (AvgIpc) is 3.16. The van der Waals surface area contributed by atoms with Crippen molar-refractivity contribution in [2.45, 2.75) is 6.18 Å². The normalized spacial score (nSPS) is 11.4. The van der Waals surface area contributed by atoms with E-state index >= 15 is 0 Å². The quantitative estimate of drug-likeness (QED) is 0.298. The minimum absolute atomic E-state index is 0. The molecule has 3 aromatic rings. The Bertz CT molecular complexity index is 1030. The van der Waals surface area contributed by atoms with Gasteiger partial charge in [0.1, 0.15) is 11.5 Å². The van der Waals surface area contributed by atoms with Crippen molar-refractivity contribution >= 4 is 17.9 Å². The molecule has 1 aromatic heterocycles. The summed E-state index contributed by atoms with van der Waals surface area (Å²) in [5, 5.41) is 20.6. The van der Waals surface area contributed by atoms with Crippen LogP contribution in [0.1, 0.15) is 5.56 Å². The average molecular weight is 440 g/mol. The van der Waals surface area contributed by atoms with Crippen molar-refractivity contribution < 1.29 is 69.3 Å². The number of aromatic nitrogens is 3. The number of halogens is 3. The molecular formula is C19H16F3KN6O. The second-order valence-corrected chi connectivity index (χ2v) is 5.78. The van der Waals surface area contributed by atoms with Gasteiger partial charge >= 0.3 is 57.6 Å². The Morgan fingerprint density at radius 3 is 2.67 bits per heavy atom. The summed E-state index contributed by atoms with van der Waals surface area (Å²) in [7, 11) is 1.57. The molecule has 0 bridgehead atoms. The molecule has 0 saturated carbocycles. The van der Waals surface area contributed by atoms with E-state index in [4.69, 9.17) is 10.1 Å². The number of allylic oxidation sites excluding steroid dienone is 1. The molecule has 0 saturated heterocycles. The summed E-state index contributed by atoms with van der Waals surface area (Å²) in [5.74, 6) is 1.24. The molecule has 1 heterocycles. The number of nitrogens with one attached hydrogen (secondary N) is 3. The van der Waals surface area contributed by atoms with Crippen LogP contribution in [0.25, 0.3) is 16.7 Å². The molecule has 0 spiro atoms. The molecular weight excluding hydrogens is 424 g/mol. The number of aromatic amines is 1. The zero-order valence-corrected chi connectivity index (χ0v) is 19.3. The van der Waals surface area contributed by atoms with Crippen LogP contribution < -0.4 is 61.4 Å². The third-order valence-corrected chi connectivity index (χ3v) is 3.67. The van der Waals surface area contributed by atoms with E-state index in [-0.39, 0.29) is 68.8 Å². The van der Waals surface area contributed by atoms with Gasteiger partial charge in [-0.1, -0.05) is 18.2 Å². The summed E-state index contributed by atoms with van der Waals surface area (Å²) >= 11 is 0. The third kappa shape index (κ3) is 6.41. The van der Waals surface area contributed by atoms with Crippen molar-refractivity contribution in [1.82, 2.24) is 15.2 Å². The molecule has 0 atom stereocenters. The minimum atomic E-state index is -4.43. The van der Waals surface area contributed by atoms with Crippen molar-refractivity contribution in [3.8, 4) is 17.1 Å². The summed E-state index contributed by atoms with van der Waals surface area (Å²) in [5.41, 5.74) is 0.0911. The molecule has 3 N–H and O–H groups in total. The smallest absolute Gasteiger partial charge is 0.690 e. The zero-order valence-electron chi connectivity index (χ0n) is 16.2. The molecule has 7 nitrogen and oxygen atoms in total. The van der Waals surface area contributed by atoms with Crippen LogP contribution in [0.3, 0.4) is 0 Å². The van der Waals surface area contributed by atoms with E-state index < -0.39 is 11.7 Å². The van der Waals surface area contributed by atoms with Gasteiger partial charge in [0.2, 0.25) is 5.95 Å². The van der Waals surface area contributed by atoms with Gasteiger partial charge in [-0.3, -0.25) is 5.10 Å². The number of alkyl halides is 3. The number of rotatable bonds is 7. The topological polar surface area (TPSA) is 101 Å². The van der Waals surface area contributed by atoms with Gasteiger partial charge < -0.3 is 20.8 Å². The Morgan fingerprint density at radius 2 is 1.97 bits per heavy atom. The Kier molecular flexibility index (Phi) is 8.61. The molecule has 11 heteroatoms. The van der Waals surface area contributed by atoms with Crippen molar-refractivity contribution in [2.24, 2.45) is 0 Å². The molecule has 0 unspecified atom stereocenters. The molecule has 0 fully saturated rings. The van der Waals surface area contributed by atoms with E-state index in [1.165, 1.54) is 18.3 Å². The van der Waals surface area contributed by atoms with E-state index in [2.05, 4.69) is 25.8 Å². The van der Waals surface area contributed by atoms with Crippen LogP contribution in [-0.4, -0.2) is 28.4 Å². The summed E-state index contributed by atoms with van der Waals surface area (Å²) in [6, 6.07) is 11.6. The first-order chi connectivity index (χ1) is 13.9. The van der Waals surface area contributed by atoms with E-state index in [0.717, 1.165) is 18.3 Å². The van der Waals surface area contributed by atoms with Crippen molar-refractivity contribution in [3.63, 3.8) is 0 Å². The fraction of sp³-hybridized carbons (Fsp3) is 0.105. The number of nitrogens with zero attached hydrogens (tertiary/aromatic N) is 3. The van der Waals surface area contributed by atoms with Gasteiger partial charge in [0.15, 0.2) is 5.82 Å². The maximum absolute atomic E-state index is 12.8. The van der Waals surface area contributed by atoms with E-state index in [0.29, 0.717) is 17.1 Å². The van der Waals surface area contributed by atoms with Crippen LogP contribution in [0.2, 0.25) is 0 Å².